The van der Waals surface area contributed by atoms with Gasteiger partial charge < -0.3 is 10.1 Å². The Kier molecular flexibility index (Phi) is 4.90. The average Bonchev–Trinajstić information content (AvgIpc) is 2.79. The van der Waals surface area contributed by atoms with Gasteiger partial charge in [-0.1, -0.05) is 48.5 Å². The van der Waals surface area contributed by atoms with Crippen LogP contribution in [0.2, 0.25) is 0 Å². The van der Waals surface area contributed by atoms with E-state index in [1.165, 1.54) is 17.5 Å². The predicted molar refractivity (Wildman–Crippen MR) is 86.8 cm³/mol. The number of benzene rings is 2. The Hall–Kier alpha value is -1.80. The van der Waals surface area contributed by atoms with Gasteiger partial charge in [-0.15, -0.1) is 0 Å². The summed E-state index contributed by atoms with van der Waals surface area (Å²) >= 11 is 0. The first-order valence-electron chi connectivity index (χ1n) is 7.91. The number of hydrogen-bond acceptors (Lipinski definition) is 2. The zero-order chi connectivity index (χ0) is 14.3. The van der Waals surface area contributed by atoms with Gasteiger partial charge in [-0.25, -0.2) is 0 Å². The van der Waals surface area contributed by atoms with Crippen molar-refractivity contribution in [2.45, 2.75) is 31.8 Å². The van der Waals surface area contributed by atoms with Gasteiger partial charge in [0.2, 0.25) is 0 Å². The van der Waals surface area contributed by atoms with Crippen molar-refractivity contribution in [2.24, 2.45) is 0 Å². The molecule has 1 unspecified atom stereocenters. The summed E-state index contributed by atoms with van der Waals surface area (Å²) in [5.74, 6) is 1.05. The smallest absolute Gasteiger partial charge is 0.123 e. The fraction of sp³-hybridized carbons (Fsp3) is 0.368. The number of nitrogens with one attached hydrogen (secondary N) is 1. The molecule has 1 aliphatic rings. The van der Waals surface area contributed by atoms with Crippen molar-refractivity contribution in [2.75, 3.05) is 13.1 Å². The quantitative estimate of drug-likeness (QED) is 0.920. The molecule has 0 spiro atoms. The van der Waals surface area contributed by atoms with Crippen LogP contribution in [0.25, 0.3) is 0 Å². The lowest BCUT2D eigenvalue weighted by Crippen LogP contribution is -2.19. The molecule has 2 aromatic carbocycles. The normalized spacial score (nSPS) is 19.0. The van der Waals surface area contributed by atoms with Crippen molar-refractivity contribution in [1.82, 2.24) is 5.32 Å². The van der Waals surface area contributed by atoms with E-state index in [9.17, 15) is 0 Å². The van der Waals surface area contributed by atoms with Gasteiger partial charge in [-0.3, -0.25) is 0 Å². The van der Waals surface area contributed by atoms with Gasteiger partial charge in [0.1, 0.15) is 5.75 Å². The largest absolute Gasteiger partial charge is 0.490 e. The summed E-state index contributed by atoms with van der Waals surface area (Å²) in [6, 6.07) is 19.0. The molecule has 1 heterocycles. The SMILES string of the molecule is c1ccc(Cc2ccccc2OC2CCCNCC2)cc1. The highest BCUT2D eigenvalue weighted by molar-refractivity contribution is 5.37. The molecule has 3 rings (SSSR count). The maximum Gasteiger partial charge on any atom is 0.123 e. The molecule has 0 saturated carbocycles. The minimum Gasteiger partial charge on any atom is -0.490 e. The van der Waals surface area contributed by atoms with E-state index in [4.69, 9.17) is 4.74 Å². The summed E-state index contributed by atoms with van der Waals surface area (Å²) in [5.41, 5.74) is 2.61. The molecule has 0 aliphatic carbocycles. The van der Waals surface area contributed by atoms with Crippen LogP contribution in [0, 0.1) is 0 Å². The van der Waals surface area contributed by atoms with E-state index in [0.717, 1.165) is 38.1 Å². The molecule has 2 nitrogen and oxygen atoms in total. The summed E-state index contributed by atoms with van der Waals surface area (Å²) < 4.78 is 6.30. The molecule has 0 radical (unpaired) electrons. The lowest BCUT2D eigenvalue weighted by molar-refractivity contribution is 0.186. The van der Waals surface area contributed by atoms with Gasteiger partial charge in [-0.2, -0.15) is 0 Å². The molecule has 1 saturated heterocycles. The van der Waals surface area contributed by atoms with E-state index in [1.807, 2.05) is 0 Å². The van der Waals surface area contributed by atoms with Gasteiger partial charge in [0.15, 0.2) is 0 Å². The maximum atomic E-state index is 6.30. The average molecular weight is 281 g/mol. The third-order valence-corrected chi connectivity index (χ3v) is 4.03. The van der Waals surface area contributed by atoms with Crippen LogP contribution in [0.3, 0.4) is 0 Å². The number of ether oxygens (including phenoxy) is 1. The third kappa shape index (κ3) is 4.08. The van der Waals surface area contributed by atoms with Crippen molar-refractivity contribution in [3.05, 3.63) is 65.7 Å². The van der Waals surface area contributed by atoms with E-state index < -0.39 is 0 Å². The first-order valence-corrected chi connectivity index (χ1v) is 7.91. The van der Waals surface area contributed by atoms with Crippen LogP contribution in [0.1, 0.15) is 30.4 Å². The summed E-state index contributed by atoms with van der Waals surface area (Å²) in [5, 5.41) is 3.44. The lowest BCUT2D eigenvalue weighted by atomic mass is 10.0. The Morgan fingerprint density at radius 1 is 0.905 bits per heavy atom. The molecule has 1 N–H and O–H groups in total. The van der Waals surface area contributed by atoms with Crippen LogP contribution in [0.15, 0.2) is 54.6 Å². The number of hydrogen-bond donors (Lipinski definition) is 1. The molecular weight excluding hydrogens is 258 g/mol. The van der Waals surface area contributed by atoms with Crippen LogP contribution in [-0.4, -0.2) is 19.2 Å². The molecular formula is C19H23NO. The maximum absolute atomic E-state index is 6.30. The van der Waals surface area contributed by atoms with Crippen LogP contribution < -0.4 is 10.1 Å². The van der Waals surface area contributed by atoms with E-state index in [1.54, 1.807) is 0 Å². The van der Waals surface area contributed by atoms with E-state index in [-0.39, 0.29) is 0 Å². The van der Waals surface area contributed by atoms with Crippen LogP contribution in [0.5, 0.6) is 5.75 Å². The highest BCUT2D eigenvalue weighted by atomic mass is 16.5. The molecule has 2 heteroatoms. The van der Waals surface area contributed by atoms with E-state index in [0.29, 0.717) is 6.10 Å². The highest BCUT2D eigenvalue weighted by Crippen LogP contribution is 2.24. The molecule has 2 aromatic rings. The molecule has 0 aromatic heterocycles. The van der Waals surface area contributed by atoms with Gasteiger partial charge in [-0.05, 0) is 49.5 Å². The Morgan fingerprint density at radius 3 is 2.62 bits per heavy atom. The highest BCUT2D eigenvalue weighted by Gasteiger charge is 2.15. The standard InChI is InChI=1S/C19H23NO/c1-2-7-16(8-3-1)15-17-9-4-5-11-19(17)21-18-10-6-13-20-14-12-18/h1-5,7-9,11,18,20H,6,10,12-15H2. The molecule has 1 atom stereocenters. The Morgan fingerprint density at radius 2 is 1.71 bits per heavy atom. The van der Waals surface area contributed by atoms with Crippen LogP contribution >= 0.6 is 0 Å². The number of rotatable bonds is 4. The van der Waals surface area contributed by atoms with Crippen molar-refractivity contribution in [1.29, 1.82) is 0 Å². The Balaban J connectivity index is 1.72. The van der Waals surface area contributed by atoms with Crippen molar-refractivity contribution in [3.8, 4) is 5.75 Å². The van der Waals surface area contributed by atoms with Crippen LogP contribution in [-0.2, 0) is 6.42 Å². The zero-order valence-electron chi connectivity index (χ0n) is 12.4. The zero-order valence-corrected chi connectivity index (χ0v) is 12.4. The first kappa shape index (κ1) is 14.2. The first-order chi connectivity index (χ1) is 10.4. The Bertz CT molecular complexity index is 545. The minimum absolute atomic E-state index is 0.344. The topological polar surface area (TPSA) is 21.3 Å². The molecule has 21 heavy (non-hydrogen) atoms. The summed E-state index contributed by atoms with van der Waals surface area (Å²) in [6.45, 7) is 2.18. The Labute approximate surface area is 127 Å². The molecule has 110 valence electrons. The van der Waals surface area contributed by atoms with E-state index in [2.05, 4.69) is 59.9 Å². The predicted octanol–water partition coefficient (Wildman–Crippen LogP) is 3.80. The van der Waals surface area contributed by atoms with Crippen molar-refractivity contribution >= 4 is 0 Å². The second-order valence-corrected chi connectivity index (χ2v) is 5.69. The lowest BCUT2D eigenvalue weighted by Gasteiger charge is -2.19. The van der Waals surface area contributed by atoms with Gasteiger partial charge in [0.05, 0.1) is 6.10 Å². The molecule has 0 amide bonds. The second-order valence-electron chi connectivity index (χ2n) is 5.69. The minimum atomic E-state index is 0.344. The van der Waals surface area contributed by atoms with Crippen LogP contribution in [0.4, 0.5) is 0 Å². The van der Waals surface area contributed by atoms with Crippen molar-refractivity contribution in [3.63, 3.8) is 0 Å². The number of para-hydroxylation sites is 1. The molecule has 1 fully saturated rings. The second kappa shape index (κ2) is 7.28. The van der Waals surface area contributed by atoms with Gasteiger partial charge >= 0.3 is 0 Å². The molecule has 1 aliphatic heterocycles. The summed E-state index contributed by atoms with van der Waals surface area (Å²) in [7, 11) is 0. The van der Waals surface area contributed by atoms with Crippen molar-refractivity contribution < 1.29 is 4.74 Å². The fourth-order valence-electron chi connectivity index (χ4n) is 2.87. The van der Waals surface area contributed by atoms with Gasteiger partial charge in [0, 0.05) is 6.42 Å². The van der Waals surface area contributed by atoms with E-state index >= 15 is 0 Å². The third-order valence-electron chi connectivity index (χ3n) is 4.03. The monoisotopic (exact) mass is 281 g/mol. The summed E-state index contributed by atoms with van der Waals surface area (Å²) in [4.78, 5) is 0. The molecule has 0 bridgehead atoms. The fourth-order valence-corrected chi connectivity index (χ4v) is 2.87. The van der Waals surface area contributed by atoms with Gasteiger partial charge in [0.25, 0.3) is 0 Å². The summed E-state index contributed by atoms with van der Waals surface area (Å²) in [6.07, 6.45) is 4.72.